The van der Waals surface area contributed by atoms with E-state index in [1.54, 1.807) is 0 Å². The molecular formula is C17H31NO3. The summed E-state index contributed by atoms with van der Waals surface area (Å²) >= 11 is 0. The van der Waals surface area contributed by atoms with Crippen molar-refractivity contribution in [2.24, 2.45) is 0 Å². The second-order valence-electron chi connectivity index (χ2n) is 6.95. The van der Waals surface area contributed by atoms with Crippen LogP contribution in [0.5, 0.6) is 0 Å². The van der Waals surface area contributed by atoms with Gasteiger partial charge >= 0.3 is 0 Å². The van der Waals surface area contributed by atoms with Crippen molar-refractivity contribution < 1.29 is 14.6 Å². The molecule has 1 aliphatic carbocycles. The molecule has 1 saturated carbocycles. The van der Waals surface area contributed by atoms with Crippen LogP contribution in [0.15, 0.2) is 0 Å². The third-order valence-corrected chi connectivity index (χ3v) is 5.03. The molecule has 1 saturated heterocycles. The van der Waals surface area contributed by atoms with Gasteiger partial charge in [-0.15, -0.1) is 0 Å². The highest BCUT2D eigenvalue weighted by atomic mass is 16.5. The number of morpholine rings is 1. The van der Waals surface area contributed by atoms with E-state index in [1.165, 1.54) is 12.8 Å². The molecule has 2 aliphatic rings. The van der Waals surface area contributed by atoms with Gasteiger partial charge in [0.1, 0.15) is 0 Å². The minimum atomic E-state index is -0.818. The maximum absolute atomic E-state index is 12.6. The molecule has 4 heteroatoms. The molecule has 2 rings (SSSR count). The topological polar surface area (TPSA) is 49.8 Å². The SMILES string of the molecule is CCCC(O)(CCC)CC(=O)N1CCOC2(CCCC2)C1. The summed E-state index contributed by atoms with van der Waals surface area (Å²) in [6.07, 6.45) is 8.08. The quantitative estimate of drug-likeness (QED) is 0.820. The van der Waals surface area contributed by atoms with Crippen LogP contribution in [-0.2, 0) is 9.53 Å². The van der Waals surface area contributed by atoms with Gasteiger partial charge in [-0.2, -0.15) is 0 Å². The molecule has 1 heterocycles. The van der Waals surface area contributed by atoms with Crippen molar-refractivity contribution in [1.82, 2.24) is 4.90 Å². The molecule has 1 N–H and O–H groups in total. The number of carbonyl (C=O) groups excluding carboxylic acids is 1. The Kier molecular flexibility index (Phi) is 5.67. The third-order valence-electron chi connectivity index (χ3n) is 5.03. The maximum Gasteiger partial charge on any atom is 0.225 e. The van der Waals surface area contributed by atoms with Crippen molar-refractivity contribution in [2.45, 2.75) is 82.8 Å². The van der Waals surface area contributed by atoms with Crippen LogP contribution < -0.4 is 0 Å². The predicted molar refractivity (Wildman–Crippen MR) is 83.1 cm³/mol. The van der Waals surface area contributed by atoms with Crippen LogP contribution in [0.3, 0.4) is 0 Å². The van der Waals surface area contributed by atoms with E-state index in [2.05, 4.69) is 13.8 Å². The molecule has 4 nitrogen and oxygen atoms in total. The van der Waals surface area contributed by atoms with Crippen LogP contribution in [0.2, 0.25) is 0 Å². The van der Waals surface area contributed by atoms with Gasteiger partial charge < -0.3 is 14.7 Å². The largest absolute Gasteiger partial charge is 0.389 e. The van der Waals surface area contributed by atoms with Gasteiger partial charge in [0.25, 0.3) is 0 Å². The highest BCUT2D eigenvalue weighted by molar-refractivity contribution is 5.77. The molecule has 1 spiro atoms. The van der Waals surface area contributed by atoms with E-state index < -0.39 is 5.60 Å². The van der Waals surface area contributed by atoms with Crippen molar-refractivity contribution in [3.8, 4) is 0 Å². The Morgan fingerprint density at radius 3 is 2.43 bits per heavy atom. The Morgan fingerprint density at radius 2 is 1.86 bits per heavy atom. The first kappa shape index (κ1) is 16.8. The van der Waals surface area contributed by atoms with E-state index in [-0.39, 0.29) is 17.9 Å². The summed E-state index contributed by atoms with van der Waals surface area (Å²) in [5.41, 5.74) is -0.900. The fourth-order valence-electron chi connectivity index (χ4n) is 4.01. The lowest BCUT2D eigenvalue weighted by Gasteiger charge is -2.41. The lowest BCUT2D eigenvalue weighted by Crippen LogP contribution is -2.53. The van der Waals surface area contributed by atoms with Gasteiger partial charge in [0.05, 0.1) is 24.2 Å². The molecule has 0 bridgehead atoms. The van der Waals surface area contributed by atoms with Crippen LogP contribution in [0.25, 0.3) is 0 Å². The van der Waals surface area contributed by atoms with Gasteiger partial charge in [-0.1, -0.05) is 39.5 Å². The Morgan fingerprint density at radius 1 is 1.24 bits per heavy atom. The molecule has 0 radical (unpaired) electrons. The van der Waals surface area contributed by atoms with E-state index in [4.69, 9.17) is 4.74 Å². The van der Waals surface area contributed by atoms with Gasteiger partial charge in [0, 0.05) is 13.1 Å². The van der Waals surface area contributed by atoms with Gasteiger partial charge in [-0.05, 0) is 25.7 Å². The Balaban J connectivity index is 1.95. The third kappa shape index (κ3) is 4.19. The van der Waals surface area contributed by atoms with Crippen molar-refractivity contribution >= 4 is 5.91 Å². The Bertz CT molecular complexity index is 344. The van der Waals surface area contributed by atoms with E-state index >= 15 is 0 Å². The van der Waals surface area contributed by atoms with E-state index in [0.29, 0.717) is 26.0 Å². The molecular weight excluding hydrogens is 266 g/mol. The predicted octanol–water partition coefficient (Wildman–Crippen LogP) is 2.88. The van der Waals surface area contributed by atoms with Crippen molar-refractivity contribution in [3.63, 3.8) is 0 Å². The van der Waals surface area contributed by atoms with E-state index in [0.717, 1.165) is 32.2 Å². The average Bonchev–Trinajstić information content (AvgIpc) is 2.87. The van der Waals surface area contributed by atoms with Crippen molar-refractivity contribution in [1.29, 1.82) is 0 Å². The number of rotatable bonds is 6. The summed E-state index contributed by atoms with van der Waals surface area (Å²) in [6, 6.07) is 0. The van der Waals surface area contributed by atoms with Crippen molar-refractivity contribution in [3.05, 3.63) is 0 Å². The smallest absolute Gasteiger partial charge is 0.225 e. The molecule has 0 aromatic heterocycles. The van der Waals surface area contributed by atoms with Gasteiger partial charge in [0.15, 0.2) is 0 Å². The lowest BCUT2D eigenvalue weighted by molar-refractivity contribution is -0.154. The van der Waals surface area contributed by atoms with Gasteiger partial charge in [0.2, 0.25) is 5.91 Å². The minimum absolute atomic E-state index is 0.0818. The number of ether oxygens (including phenoxy) is 1. The zero-order valence-corrected chi connectivity index (χ0v) is 13.7. The highest BCUT2D eigenvalue weighted by Crippen LogP contribution is 2.36. The molecule has 0 atom stereocenters. The molecule has 2 fully saturated rings. The molecule has 0 aromatic rings. The number of hydrogen-bond acceptors (Lipinski definition) is 3. The van der Waals surface area contributed by atoms with Crippen LogP contribution in [0.4, 0.5) is 0 Å². The normalized spacial score (nSPS) is 22.0. The first-order valence-electron chi connectivity index (χ1n) is 8.67. The van der Waals surface area contributed by atoms with E-state index in [9.17, 15) is 9.90 Å². The molecule has 0 aromatic carbocycles. The standard InChI is InChI=1S/C17H31NO3/c1-3-7-16(20,8-4-2)13-15(19)18-11-12-21-17(14-18)9-5-6-10-17/h20H,3-14H2,1-2H3. The fraction of sp³-hybridized carbons (Fsp3) is 0.941. The number of amides is 1. The zero-order chi connectivity index (χ0) is 15.3. The fourth-order valence-corrected chi connectivity index (χ4v) is 4.01. The number of hydrogen-bond donors (Lipinski definition) is 1. The summed E-state index contributed by atoms with van der Waals surface area (Å²) in [4.78, 5) is 14.5. The summed E-state index contributed by atoms with van der Waals surface area (Å²) < 4.78 is 5.98. The average molecular weight is 297 g/mol. The van der Waals surface area contributed by atoms with E-state index in [1.807, 2.05) is 4.90 Å². The monoisotopic (exact) mass is 297 g/mol. The van der Waals surface area contributed by atoms with Crippen molar-refractivity contribution in [2.75, 3.05) is 19.7 Å². The van der Waals surface area contributed by atoms with Gasteiger partial charge in [-0.25, -0.2) is 0 Å². The lowest BCUT2D eigenvalue weighted by atomic mass is 9.88. The molecule has 122 valence electrons. The second kappa shape index (κ2) is 7.10. The number of aliphatic hydroxyl groups is 1. The van der Waals surface area contributed by atoms with Gasteiger partial charge in [-0.3, -0.25) is 4.79 Å². The first-order valence-corrected chi connectivity index (χ1v) is 8.67. The summed E-state index contributed by atoms with van der Waals surface area (Å²) in [5, 5.41) is 10.7. The maximum atomic E-state index is 12.6. The molecule has 1 aliphatic heterocycles. The van der Waals surface area contributed by atoms with Crippen LogP contribution >= 0.6 is 0 Å². The Labute approximate surface area is 128 Å². The first-order chi connectivity index (χ1) is 10.0. The second-order valence-corrected chi connectivity index (χ2v) is 6.95. The summed E-state index contributed by atoms with van der Waals surface area (Å²) in [5.74, 6) is 0.106. The van der Waals surface area contributed by atoms with Crippen LogP contribution in [0, 0.1) is 0 Å². The highest BCUT2D eigenvalue weighted by Gasteiger charge is 2.41. The summed E-state index contributed by atoms with van der Waals surface area (Å²) in [7, 11) is 0. The van der Waals surface area contributed by atoms with Crippen LogP contribution in [0.1, 0.15) is 71.6 Å². The molecule has 21 heavy (non-hydrogen) atoms. The molecule has 1 amide bonds. The van der Waals surface area contributed by atoms with Crippen LogP contribution in [-0.4, -0.2) is 46.8 Å². The minimum Gasteiger partial charge on any atom is -0.389 e. The Hall–Kier alpha value is -0.610. The number of carbonyl (C=O) groups is 1. The summed E-state index contributed by atoms with van der Waals surface area (Å²) in [6.45, 7) is 6.17. The zero-order valence-electron chi connectivity index (χ0n) is 13.7. The number of nitrogens with zero attached hydrogens (tertiary/aromatic N) is 1. The molecule has 0 unspecified atom stereocenters.